The van der Waals surface area contributed by atoms with Crippen LogP contribution < -0.4 is 10.1 Å². The maximum Gasteiger partial charge on any atom is 0.336 e. The Kier molecular flexibility index (Phi) is 6.95. The molecule has 0 spiro atoms. The van der Waals surface area contributed by atoms with Crippen LogP contribution in [0.4, 0.5) is 0 Å². The zero-order valence-electron chi connectivity index (χ0n) is 19.9. The lowest BCUT2D eigenvalue weighted by atomic mass is 9.80. The van der Waals surface area contributed by atoms with Crippen molar-refractivity contribution in [3.8, 4) is 5.75 Å². The largest absolute Gasteiger partial charge is 0.487 e. The zero-order chi connectivity index (χ0) is 25.6. The topological polar surface area (TPSA) is 64.6 Å². The smallest absolute Gasteiger partial charge is 0.336 e. The van der Waals surface area contributed by atoms with Gasteiger partial charge in [0.25, 0.3) is 0 Å². The minimum absolute atomic E-state index is 0.0725. The molecule has 1 aliphatic heterocycles. The summed E-state index contributed by atoms with van der Waals surface area (Å²) in [6.45, 7) is 4.36. The Morgan fingerprint density at radius 1 is 0.972 bits per heavy atom. The highest BCUT2D eigenvalue weighted by Gasteiger charge is 2.43. The summed E-state index contributed by atoms with van der Waals surface area (Å²) in [6, 6.07) is 19.8. The summed E-state index contributed by atoms with van der Waals surface area (Å²) in [7, 11) is 1.37. The Morgan fingerprint density at radius 2 is 1.61 bits per heavy atom. The van der Waals surface area contributed by atoms with Crippen molar-refractivity contribution in [2.45, 2.75) is 26.4 Å². The van der Waals surface area contributed by atoms with Gasteiger partial charge in [-0.05, 0) is 82.3 Å². The van der Waals surface area contributed by atoms with Gasteiger partial charge >= 0.3 is 5.97 Å². The first-order valence-corrected chi connectivity index (χ1v) is 13.6. The van der Waals surface area contributed by atoms with Gasteiger partial charge in [0.05, 0.1) is 25.5 Å². The van der Waals surface area contributed by atoms with Gasteiger partial charge in [-0.3, -0.25) is 4.79 Å². The number of fused-ring (bicyclic) bond motifs is 2. The highest BCUT2D eigenvalue weighted by molar-refractivity contribution is 14.1. The van der Waals surface area contributed by atoms with Crippen molar-refractivity contribution in [3.63, 3.8) is 0 Å². The number of esters is 1. The van der Waals surface area contributed by atoms with Crippen LogP contribution in [0.3, 0.4) is 0 Å². The predicted octanol–water partition coefficient (Wildman–Crippen LogP) is 6.52. The SMILES string of the molecule is COC(=O)C1=C(C)NC2=C(C(=O)c3ccccc32)[C@H]1c1cc(I)c(OCc2ccc(C)cc2)c(I)c1. The summed E-state index contributed by atoms with van der Waals surface area (Å²) in [4.78, 5) is 26.6. The predicted molar refractivity (Wildman–Crippen MR) is 156 cm³/mol. The second-order valence-corrected chi connectivity index (χ2v) is 11.2. The number of methoxy groups -OCH3 is 1. The quantitative estimate of drug-likeness (QED) is 0.242. The molecule has 2 aliphatic rings. The third-order valence-electron chi connectivity index (χ3n) is 6.51. The van der Waals surface area contributed by atoms with Crippen LogP contribution in [0.5, 0.6) is 5.75 Å². The van der Waals surface area contributed by atoms with Gasteiger partial charge in [-0.2, -0.15) is 0 Å². The monoisotopic (exact) mass is 703 g/mol. The van der Waals surface area contributed by atoms with Gasteiger partial charge in [0.15, 0.2) is 5.78 Å². The lowest BCUT2D eigenvalue weighted by Crippen LogP contribution is -2.29. The third kappa shape index (κ3) is 4.36. The van der Waals surface area contributed by atoms with Gasteiger partial charge in [0.2, 0.25) is 0 Å². The van der Waals surface area contributed by atoms with Crippen LogP contribution in [-0.2, 0) is 16.1 Å². The first-order chi connectivity index (χ1) is 17.3. The number of Topliss-reactive ketones (excluding diaryl/α,β-unsaturated/α-hetero) is 1. The van der Waals surface area contributed by atoms with Crippen molar-refractivity contribution in [1.82, 2.24) is 5.32 Å². The van der Waals surface area contributed by atoms with Gasteiger partial charge in [-0.15, -0.1) is 0 Å². The Bertz CT molecular complexity index is 1450. The summed E-state index contributed by atoms with van der Waals surface area (Å²) < 4.78 is 13.2. The van der Waals surface area contributed by atoms with Crippen molar-refractivity contribution in [1.29, 1.82) is 0 Å². The molecule has 0 unspecified atom stereocenters. The number of dihydropyridines is 1. The maximum absolute atomic E-state index is 13.6. The normalized spacial score (nSPS) is 16.5. The zero-order valence-corrected chi connectivity index (χ0v) is 24.3. The summed E-state index contributed by atoms with van der Waals surface area (Å²) in [5, 5.41) is 3.32. The molecule has 0 saturated heterocycles. The van der Waals surface area contributed by atoms with E-state index < -0.39 is 11.9 Å². The third-order valence-corrected chi connectivity index (χ3v) is 8.11. The fraction of sp³-hybridized carbons (Fsp3) is 0.172. The Balaban J connectivity index is 1.57. The Morgan fingerprint density at radius 3 is 2.25 bits per heavy atom. The number of carbonyl (C=O) groups excluding carboxylic acids is 2. The van der Waals surface area contributed by atoms with Crippen LogP contribution in [0.25, 0.3) is 5.70 Å². The molecule has 7 heteroatoms. The second kappa shape index (κ2) is 10.0. The molecule has 3 aromatic carbocycles. The van der Waals surface area contributed by atoms with Crippen molar-refractivity contribution in [2.75, 3.05) is 7.11 Å². The van der Waals surface area contributed by atoms with E-state index in [0.717, 1.165) is 35.3 Å². The molecule has 0 saturated carbocycles. The second-order valence-electron chi connectivity index (χ2n) is 8.84. The lowest BCUT2D eigenvalue weighted by molar-refractivity contribution is -0.136. The van der Waals surface area contributed by atoms with Crippen LogP contribution in [-0.4, -0.2) is 18.9 Å². The molecule has 0 radical (unpaired) electrons. The fourth-order valence-electron chi connectivity index (χ4n) is 4.77. The van der Waals surface area contributed by atoms with E-state index >= 15 is 0 Å². The van der Waals surface area contributed by atoms with Gasteiger partial charge < -0.3 is 14.8 Å². The number of benzene rings is 3. The standard InChI is InChI=1S/C29H23I2NO4/c1-15-8-10-17(11-9-15)14-36-28-21(30)12-18(13-22(28)31)24-23(29(34)35-3)16(2)32-26-19-6-4-5-7-20(19)27(33)25(24)26/h4-13,24,32H,14H2,1-3H3/t24-/m0/s1. The summed E-state index contributed by atoms with van der Waals surface area (Å²) in [5.74, 6) is -0.298. The minimum Gasteiger partial charge on any atom is -0.487 e. The first kappa shape index (κ1) is 25.0. The highest BCUT2D eigenvalue weighted by Crippen LogP contribution is 2.48. The molecule has 0 fully saturated rings. The average Bonchev–Trinajstić information content (AvgIpc) is 3.14. The van der Waals surface area contributed by atoms with E-state index in [1.807, 2.05) is 43.3 Å². The number of carbonyl (C=O) groups is 2. The number of ketones is 1. The number of hydrogen-bond acceptors (Lipinski definition) is 5. The minimum atomic E-state index is -0.554. The lowest BCUT2D eigenvalue weighted by Gasteiger charge is -2.29. The van der Waals surface area contributed by atoms with Crippen LogP contribution in [0.1, 0.15) is 45.5 Å². The number of aryl methyl sites for hydroxylation is 1. The van der Waals surface area contributed by atoms with Crippen molar-refractivity contribution in [3.05, 3.63) is 112 Å². The summed E-state index contributed by atoms with van der Waals surface area (Å²) in [5.41, 5.74) is 7.09. The van der Waals surface area contributed by atoms with Gasteiger partial charge in [0, 0.05) is 28.3 Å². The molecule has 3 aromatic rings. The van der Waals surface area contributed by atoms with Gasteiger partial charge in [-0.25, -0.2) is 4.79 Å². The van der Waals surface area contributed by atoms with Crippen LogP contribution in [0.2, 0.25) is 0 Å². The van der Waals surface area contributed by atoms with E-state index in [4.69, 9.17) is 9.47 Å². The maximum atomic E-state index is 13.6. The molecule has 1 aliphatic carbocycles. The molecule has 5 rings (SSSR count). The molecule has 182 valence electrons. The van der Waals surface area contributed by atoms with Crippen LogP contribution >= 0.6 is 45.2 Å². The summed E-state index contributed by atoms with van der Waals surface area (Å²) in [6.07, 6.45) is 0. The van der Waals surface area contributed by atoms with Crippen LogP contribution in [0, 0.1) is 14.1 Å². The number of allylic oxidation sites excluding steroid dienone is 2. The molecule has 1 N–H and O–H groups in total. The number of nitrogens with one attached hydrogen (secondary N) is 1. The van der Waals surface area contributed by atoms with Crippen molar-refractivity contribution in [2.24, 2.45) is 0 Å². The highest BCUT2D eigenvalue weighted by atomic mass is 127. The van der Waals surface area contributed by atoms with E-state index in [1.54, 1.807) is 0 Å². The molecular formula is C29H23I2NO4. The average molecular weight is 703 g/mol. The Hall–Kier alpha value is -2.66. The number of rotatable bonds is 5. The van der Waals surface area contributed by atoms with Crippen molar-refractivity contribution < 1.29 is 19.1 Å². The van der Waals surface area contributed by atoms with Gasteiger partial charge in [0.1, 0.15) is 12.4 Å². The molecule has 0 amide bonds. The fourth-order valence-corrected chi connectivity index (χ4v) is 6.89. The number of hydrogen-bond donors (Lipinski definition) is 1. The number of ether oxygens (including phenoxy) is 2. The molecule has 36 heavy (non-hydrogen) atoms. The molecule has 0 aromatic heterocycles. The molecule has 0 bridgehead atoms. The van der Waals surface area contributed by atoms with Gasteiger partial charge in [-0.1, -0.05) is 54.1 Å². The van der Waals surface area contributed by atoms with E-state index in [-0.39, 0.29) is 5.78 Å². The Labute approximate surface area is 237 Å². The molecule has 1 heterocycles. The molecule has 1 atom stereocenters. The first-order valence-electron chi connectivity index (χ1n) is 11.4. The van der Waals surface area contributed by atoms with E-state index in [9.17, 15) is 9.59 Å². The number of halogens is 2. The van der Waals surface area contributed by atoms with Crippen molar-refractivity contribution >= 4 is 62.6 Å². The van der Waals surface area contributed by atoms with E-state index in [0.29, 0.717) is 29.0 Å². The van der Waals surface area contributed by atoms with E-state index in [1.165, 1.54) is 12.7 Å². The van der Waals surface area contributed by atoms with Crippen LogP contribution in [0.15, 0.2) is 77.5 Å². The molecular weight excluding hydrogens is 680 g/mol. The summed E-state index contributed by atoms with van der Waals surface area (Å²) >= 11 is 4.52. The molecule has 5 nitrogen and oxygen atoms in total. The van der Waals surface area contributed by atoms with E-state index in [2.05, 4.69) is 81.7 Å².